The van der Waals surface area contributed by atoms with E-state index in [2.05, 4.69) is 15.3 Å². The van der Waals surface area contributed by atoms with Crippen LogP contribution in [0.25, 0.3) is 21.3 Å². The van der Waals surface area contributed by atoms with Crippen LogP contribution >= 0.6 is 0 Å². The highest BCUT2D eigenvalue weighted by atomic mass is 16.5. The molecule has 4 aromatic carbocycles. The number of methoxy groups -OCH3 is 1. The van der Waals surface area contributed by atoms with Crippen molar-refractivity contribution in [2.24, 2.45) is 0 Å². The molecule has 1 atom stereocenters. The van der Waals surface area contributed by atoms with Gasteiger partial charge in [-0.15, -0.1) is 0 Å². The monoisotopic (exact) mass is 488 g/mol. The summed E-state index contributed by atoms with van der Waals surface area (Å²) in [7, 11) is 1.63. The van der Waals surface area contributed by atoms with Gasteiger partial charge in [-0.05, 0) is 77.4 Å². The highest BCUT2D eigenvalue weighted by molar-refractivity contribution is 6.03. The van der Waals surface area contributed by atoms with Crippen molar-refractivity contribution in [3.05, 3.63) is 125 Å². The van der Waals surface area contributed by atoms with Crippen LogP contribution < -0.4 is 10.1 Å². The molecule has 0 spiro atoms. The van der Waals surface area contributed by atoms with Crippen molar-refractivity contribution < 1.29 is 14.6 Å². The zero-order valence-electron chi connectivity index (χ0n) is 20.3. The fourth-order valence-electron chi connectivity index (χ4n) is 4.27. The first-order valence-corrected chi connectivity index (χ1v) is 11.7. The summed E-state index contributed by atoms with van der Waals surface area (Å²) >= 11 is 0. The number of hydrogen-bond donors (Lipinski definition) is 2. The zero-order valence-corrected chi connectivity index (χ0v) is 20.3. The number of anilines is 1. The average Bonchev–Trinajstić information content (AvgIpc) is 3.34. The van der Waals surface area contributed by atoms with Crippen molar-refractivity contribution in [1.29, 1.82) is 0 Å². The molecule has 182 valence electrons. The number of carbonyl (C=O) groups is 1. The Morgan fingerprint density at radius 1 is 0.973 bits per heavy atom. The van der Waals surface area contributed by atoms with E-state index >= 15 is 0 Å². The maximum absolute atomic E-state index is 13.2. The van der Waals surface area contributed by atoms with E-state index in [4.69, 9.17) is 11.3 Å². The zero-order chi connectivity index (χ0) is 25.9. The molecule has 7 nitrogen and oxygen atoms in total. The molecular weight excluding hydrogens is 464 g/mol. The molecule has 5 rings (SSSR count). The molecule has 1 unspecified atom stereocenters. The van der Waals surface area contributed by atoms with Gasteiger partial charge >= 0.3 is 0 Å². The lowest BCUT2D eigenvalue weighted by Crippen LogP contribution is -2.17. The van der Waals surface area contributed by atoms with Crippen molar-refractivity contribution in [1.82, 2.24) is 9.78 Å². The molecule has 0 saturated carbocycles. The minimum atomic E-state index is -0.868. The summed E-state index contributed by atoms with van der Waals surface area (Å²) in [4.78, 5) is 16.7. The van der Waals surface area contributed by atoms with Gasteiger partial charge in [0.1, 0.15) is 17.5 Å². The van der Waals surface area contributed by atoms with Crippen LogP contribution in [-0.4, -0.2) is 27.9 Å². The number of nitrogens with one attached hydrogen (secondary N) is 1. The minimum absolute atomic E-state index is 0.343. The predicted molar refractivity (Wildman–Crippen MR) is 144 cm³/mol. The molecule has 0 saturated heterocycles. The van der Waals surface area contributed by atoms with Crippen molar-refractivity contribution in [3.8, 4) is 11.4 Å². The first-order valence-electron chi connectivity index (χ1n) is 11.7. The van der Waals surface area contributed by atoms with Crippen molar-refractivity contribution in [2.45, 2.75) is 13.0 Å². The van der Waals surface area contributed by atoms with Gasteiger partial charge in [0.2, 0.25) is 0 Å². The Labute approximate surface area is 214 Å². The third-order valence-electron chi connectivity index (χ3n) is 6.12. The third kappa shape index (κ3) is 4.92. The number of amides is 1. The van der Waals surface area contributed by atoms with Crippen LogP contribution in [0.1, 0.15) is 33.4 Å². The molecule has 0 fully saturated rings. The second-order valence-electron chi connectivity index (χ2n) is 8.67. The van der Waals surface area contributed by atoms with Crippen molar-refractivity contribution >= 4 is 28.1 Å². The van der Waals surface area contributed by atoms with E-state index in [9.17, 15) is 9.90 Å². The van der Waals surface area contributed by atoms with Gasteiger partial charge in [0.05, 0.1) is 25.1 Å². The highest BCUT2D eigenvalue weighted by Crippen LogP contribution is 2.29. The Hall–Kier alpha value is -4.93. The maximum atomic E-state index is 13.2. The van der Waals surface area contributed by atoms with Crippen LogP contribution in [0, 0.1) is 13.5 Å². The molecule has 0 radical (unpaired) electrons. The normalized spacial score (nSPS) is 11.6. The number of nitrogens with zero attached hydrogens (tertiary/aromatic N) is 3. The van der Waals surface area contributed by atoms with Crippen molar-refractivity contribution in [2.75, 3.05) is 12.4 Å². The van der Waals surface area contributed by atoms with Gasteiger partial charge in [0.25, 0.3) is 5.91 Å². The summed E-state index contributed by atoms with van der Waals surface area (Å²) in [6.45, 7) is 9.07. The SMILES string of the molecule is [C-]#[N+]c1cccc(-n2nc(C)cc2C(=O)Nc2cccc(C(O)c3ccc4cc(OC)ccc4c3)c2)c1. The first-order chi connectivity index (χ1) is 17.9. The molecule has 0 bridgehead atoms. The molecule has 5 aromatic rings. The maximum Gasteiger partial charge on any atom is 0.274 e. The van der Waals surface area contributed by atoms with Crippen LogP contribution in [0.2, 0.25) is 0 Å². The molecule has 0 aliphatic carbocycles. The van der Waals surface area contributed by atoms with Crippen LogP contribution in [0.3, 0.4) is 0 Å². The highest BCUT2D eigenvalue weighted by Gasteiger charge is 2.17. The number of aliphatic hydroxyl groups is 1. The van der Waals surface area contributed by atoms with Gasteiger partial charge in [-0.25, -0.2) is 9.53 Å². The second kappa shape index (κ2) is 9.97. The van der Waals surface area contributed by atoms with Gasteiger partial charge < -0.3 is 15.2 Å². The molecule has 1 aromatic heterocycles. The first kappa shape index (κ1) is 23.8. The number of fused-ring (bicyclic) bond motifs is 1. The standard InChI is InChI=1S/C30H24N4O3/c1-19-14-28(34(33-19)26-9-5-7-24(18-26)31-2)30(36)32-25-8-4-6-22(16-25)29(35)23-11-10-21-17-27(37-3)13-12-20(21)15-23/h4-18,29,35H,1,3H3,(H,32,36). The Morgan fingerprint density at radius 2 is 1.73 bits per heavy atom. The van der Waals surface area contributed by atoms with E-state index in [1.165, 1.54) is 4.68 Å². The number of hydrogen-bond acceptors (Lipinski definition) is 4. The second-order valence-corrected chi connectivity index (χ2v) is 8.67. The largest absolute Gasteiger partial charge is 0.497 e. The summed E-state index contributed by atoms with van der Waals surface area (Å²) in [5.41, 5.74) is 4.06. The molecule has 7 heteroatoms. The lowest BCUT2D eigenvalue weighted by atomic mass is 9.98. The van der Waals surface area contributed by atoms with Gasteiger partial charge in [0.15, 0.2) is 5.69 Å². The lowest BCUT2D eigenvalue weighted by molar-refractivity contribution is 0.101. The van der Waals surface area contributed by atoms with Crippen LogP contribution in [0.5, 0.6) is 5.75 Å². The third-order valence-corrected chi connectivity index (χ3v) is 6.12. The average molecular weight is 489 g/mol. The summed E-state index contributed by atoms with van der Waals surface area (Å²) < 4.78 is 6.82. The number of rotatable bonds is 6. The van der Waals surface area contributed by atoms with Crippen LogP contribution in [-0.2, 0) is 0 Å². The Kier molecular flexibility index (Phi) is 6.42. The fraction of sp³-hybridized carbons (Fsp3) is 0.100. The van der Waals surface area contributed by atoms with Gasteiger partial charge in [-0.3, -0.25) is 4.79 Å². The number of aliphatic hydroxyl groups excluding tert-OH is 1. The number of aromatic nitrogens is 2. The summed E-state index contributed by atoms with van der Waals surface area (Å²) in [6.07, 6.45) is -0.868. The predicted octanol–water partition coefficient (Wildman–Crippen LogP) is 6.23. The molecule has 1 amide bonds. The Balaban J connectivity index is 1.39. The van der Waals surface area contributed by atoms with Gasteiger partial charge in [-0.2, -0.15) is 5.10 Å². The van der Waals surface area contributed by atoms with E-state index < -0.39 is 6.10 Å². The smallest absolute Gasteiger partial charge is 0.274 e. The topological polar surface area (TPSA) is 80.7 Å². The number of ether oxygens (including phenoxy) is 1. The molecule has 37 heavy (non-hydrogen) atoms. The van der Waals surface area contributed by atoms with Crippen molar-refractivity contribution in [3.63, 3.8) is 0 Å². The lowest BCUT2D eigenvalue weighted by Gasteiger charge is -2.15. The van der Waals surface area contributed by atoms with E-state index in [0.717, 1.165) is 22.1 Å². The number of aryl methyl sites for hydroxylation is 1. The van der Waals surface area contributed by atoms with Crippen LogP contribution in [0.4, 0.5) is 11.4 Å². The number of carbonyl (C=O) groups excluding carboxylic acids is 1. The summed E-state index contributed by atoms with van der Waals surface area (Å²) in [6, 6.07) is 27.4. The van der Waals surface area contributed by atoms with Gasteiger partial charge in [-0.1, -0.05) is 42.5 Å². The van der Waals surface area contributed by atoms with Crippen LogP contribution in [0.15, 0.2) is 91.0 Å². The quantitative estimate of drug-likeness (QED) is 0.278. The summed E-state index contributed by atoms with van der Waals surface area (Å²) in [5.74, 6) is 0.431. The van der Waals surface area contributed by atoms with E-state index in [1.54, 1.807) is 55.6 Å². The molecular formula is C30H24N4O3. The summed E-state index contributed by atoms with van der Waals surface area (Å²) in [5, 5.41) is 20.5. The fourth-order valence-corrected chi connectivity index (χ4v) is 4.27. The molecule has 1 heterocycles. The molecule has 2 N–H and O–H groups in total. The van der Waals surface area contributed by atoms with E-state index in [-0.39, 0.29) is 5.91 Å². The number of benzene rings is 4. The molecule has 0 aliphatic heterocycles. The van der Waals surface area contributed by atoms with Gasteiger partial charge in [0, 0.05) is 5.69 Å². The Morgan fingerprint density at radius 3 is 2.54 bits per heavy atom. The minimum Gasteiger partial charge on any atom is -0.497 e. The molecule has 0 aliphatic rings. The van der Waals surface area contributed by atoms with E-state index in [0.29, 0.717) is 34.0 Å². The van der Waals surface area contributed by atoms with E-state index in [1.807, 2.05) is 49.4 Å². The Bertz CT molecular complexity index is 1670.